The molecular formula is C6H2ClFINO. The Morgan fingerprint density at radius 1 is 1.64 bits per heavy atom. The number of hydrogen-bond donors (Lipinski definition) is 0. The monoisotopic (exact) mass is 285 g/mol. The molecule has 0 amide bonds. The van der Waals surface area contributed by atoms with E-state index in [1.165, 1.54) is 12.1 Å². The highest BCUT2D eigenvalue weighted by molar-refractivity contribution is 14.1. The SMILES string of the molecule is O=C(Cl)c1ccc(I)nc1F. The molecule has 0 aliphatic heterocycles. The van der Waals surface area contributed by atoms with E-state index in [1.807, 2.05) is 22.6 Å². The summed E-state index contributed by atoms with van der Waals surface area (Å²) in [5.41, 5.74) is -0.188. The summed E-state index contributed by atoms with van der Waals surface area (Å²) >= 11 is 6.88. The third-order valence-corrected chi connectivity index (χ3v) is 1.83. The van der Waals surface area contributed by atoms with Crippen LogP contribution in [-0.4, -0.2) is 10.2 Å². The van der Waals surface area contributed by atoms with Gasteiger partial charge in [-0.15, -0.1) is 0 Å². The molecule has 0 fully saturated rings. The fourth-order valence-electron chi connectivity index (χ4n) is 0.559. The molecule has 0 aromatic carbocycles. The Kier molecular flexibility index (Phi) is 2.78. The van der Waals surface area contributed by atoms with Crippen LogP contribution in [0, 0.1) is 9.65 Å². The van der Waals surface area contributed by atoms with Gasteiger partial charge in [-0.05, 0) is 46.3 Å². The van der Waals surface area contributed by atoms with Gasteiger partial charge < -0.3 is 0 Å². The van der Waals surface area contributed by atoms with E-state index in [0.29, 0.717) is 3.70 Å². The number of nitrogens with zero attached hydrogens (tertiary/aromatic N) is 1. The standard InChI is InChI=1S/C6H2ClFINO/c7-5(11)3-1-2-4(9)10-6(3)8/h1-2H. The Hall–Kier alpha value is -0.230. The van der Waals surface area contributed by atoms with Gasteiger partial charge >= 0.3 is 0 Å². The summed E-state index contributed by atoms with van der Waals surface area (Å²) in [6, 6.07) is 2.82. The molecule has 0 N–H and O–H groups in total. The van der Waals surface area contributed by atoms with Crippen LogP contribution in [0.25, 0.3) is 0 Å². The van der Waals surface area contributed by atoms with E-state index >= 15 is 0 Å². The molecule has 1 aromatic rings. The first-order valence-corrected chi connectivity index (χ1v) is 4.09. The average molecular weight is 285 g/mol. The topological polar surface area (TPSA) is 30.0 Å². The number of halogens is 3. The number of rotatable bonds is 1. The smallest absolute Gasteiger partial charge is 0.257 e. The average Bonchev–Trinajstić information content (AvgIpc) is 1.85. The maximum absolute atomic E-state index is 12.7. The van der Waals surface area contributed by atoms with Crippen molar-refractivity contribution in [2.75, 3.05) is 0 Å². The van der Waals surface area contributed by atoms with E-state index in [0.717, 1.165) is 0 Å². The van der Waals surface area contributed by atoms with Crippen LogP contribution < -0.4 is 0 Å². The first kappa shape index (κ1) is 8.86. The van der Waals surface area contributed by atoms with Gasteiger partial charge in [-0.25, -0.2) is 4.98 Å². The zero-order valence-electron chi connectivity index (χ0n) is 5.14. The number of carbonyl (C=O) groups excluding carboxylic acids is 1. The van der Waals surface area contributed by atoms with Crippen molar-refractivity contribution in [3.05, 3.63) is 27.3 Å². The summed E-state index contributed by atoms with van der Waals surface area (Å²) in [5.74, 6) is -0.822. The van der Waals surface area contributed by atoms with Crippen LogP contribution in [0.3, 0.4) is 0 Å². The van der Waals surface area contributed by atoms with E-state index in [-0.39, 0.29) is 5.56 Å². The Labute approximate surface area is 80.9 Å². The summed E-state index contributed by atoms with van der Waals surface area (Å²) in [6.45, 7) is 0. The molecule has 0 bridgehead atoms. The number of carbonyl (C=O) groups is 1. The molecule has 0 aliphatic rings. The van der Waals surface area contributed by atoms with Crippen molar-refractivity contribution in [3.63, 3.8) is 0 Å². The van der Waals surface area contributed by atoms with Crippen LogP contribution in [0.5, 0.6) is 0 Å². The van der Waals surface area contributed by atoms with E-state index in [1.54, 1.807) is 0 Å². The molecule has 1 heterocycles. The van der Waals surface area contributed by atoms with Gasteiger partial charge in [-0.3, -0.25) is 4.79 Å². The van der Waals surface area contributed by atoms with E-state index in [4.69, 9.17) is 11.6 Å². The molecule has 1 aromatic heterocycles. The maximum Gasteiger partial charge on any atom is 0.257 e. The van der Waals surface area contributed by atoms with Crippen LogP contribution in [0.2, 0.25) is 0 Å². The molecule has 5 heteroatoms. The van der Waals surface area contributed by atoms with Crippen molar-refractivity contribution in [3.8, 4) is 0 Å². The molecule has 0 saturated heterocycles. The van der Waals surface area contributed by atoms with Crippen LogP contribution in [-0.2, 0) is 0 Å². The molecule has 2 nitrogen and oxygen atoms in total. The maximum atomic E-state index is 12.7. The minimum Gasteiger partial charge on any atom is -0.275 e. The Morgan fingerprint density at radius 3 is 2.73 bits per heavy atom. The van der Waals surface area contributed by atoms with Crippen molar-refractivity contribution in [2.45, 2.75) is 0 Å². The molecule has 0 saturated carbocycles. The molecule has 1 rings (SSSR count). The third kappa shape index (κ3) is 2.10. The van der Waals surface area contributed by atoms with Gasteiger partial charge in [0.25, 0.3) is 5.24 Å². The number of pyridine rings is 1. The van der Waals surface area contributed by atoms with Gasteiger partial charge in [0.2, 0.25) is 5.95 Å². The van der Waals surface area contributed by atoms with Crippen molar-refractivity contribution in [1.82, 2.24) is 4.98 Å². The highest BCUT2D eigenvalue weighted by atomic mass is 127. The molecule has 0 unspecified atom stereocenters. The summed E-state index contributed by atoms with van der Waals surface area (Å²) in [4.78, 5) is 13.9. The molecular weight excluding hydrogens is 283 g/mol. The second-order valence-corrected chi connectivity index (χ2v) is 3.19. The predicted octanol–water partition coefficient (Wildman–Crippen LogP) is 2.20. The Balaban J connectivity index is 3.20. The fraction of sp³-hybridized carbons (Fsp3) is 0. The zero-order chi connectivity index (χ0) is 8.43. The number of aromatic nitrogens is 1. The van der Waals surface area contributed by atoms with E-state index in [2.05, 4.69) is 4.98 Å². The van der Waals surface area contributed by atoms with Gasteiger partial charge in [0.1, 0.15) is 3.70 Å². The minimum absolute atomic E-state index is 0.188. The van der Waals surface area contributed by atoms with Crippen LogP contribution >= 0.6 is 34.2 Å². The summed E-state index contributed by atoms with van der Waals surface area (Å²) < 4.78 is 13.2. The van der Waals surface area contributed by atoms with Crippen molar-refractivity contribution >= 4 is 39.4 Å². The summed E-state index contributed by atoms with van der Waals surface area (Å²) in [7, 11) is 0. The molecule has 0 aliphatic carbocycles. The van der Waals surface area contributed by atoms with Gasteiger partial charge in [-0.1, -0.05) is 0 Å². The quantitative estimate of drug-likeness (QED) is 0.450. The fourth-order valence-corrected chi connectivity index (χ4v) is 1.09. The minimum atomic E-state index is -0.827. The van der Waals surface area contributed by atoms with Crippen LogP contribution in [0.1, 0.15) is 10.4 Å². The second-order valence-electron chi connectivity index (χ2n) is 1.75. The van der Waals surface area contributed by atoms with Crippen LogP contribution in [0.15, 0.2) is 12.1 Å². The van der Waals surface area contributed by atoms with Gasteiger partial charge in [-0.2, -0.15) is 4.39 Å². The van der Waals surface area contributed by atoms with Crippen molar-refractivity contribution in [1.29, 1.82) is 0 Å². The van der Waals surface area contributed by atoms with Gasteiger partial charge in [0, 0.05) is 0 Å². The van der Waals surface area contributed by atoms with E-state index < -0.39 is 11.2 Å². The largest absolute Gasteiger partial charge is 0.275 e. The zero-order valence-corrected chi connectivity index (χ0v) is 8.06. The first-order chi connectivity index (χ1) is 5.11. The molecule has 0 spiro atoms. The highest BCUT2D eigenvalue weighted by Crippen LogP contribution is 2.10. The highest BCUT2D eigenvalue weighted by Gasteiger charge is 2.09. The summed E-state index contributed by atoms with van der Waals surface area (Å²) in [5, 5.41) is -0.827. The number of hydrogen-bond acceptors (Lipinski definition) is 2. The van der Waals surface area contributed by atoms with Crippen LogP contribution in [0.4, 0.5) is 4.39 Å². The molecule has 58 valence electrons. The Bertz CT molecular complexity index is 305. The van der Waals surface area contributed by atoms with Gasteiger partial charge in [0.15, 0.2) is 0 Å². The lowest BCUT2D eigenvalue weighted by Gasteiger charge is -1.94. The van der Waals surface area contributed by atoms with E-state index in [9.17, 15) is 9.18 Å². The normalized spacial score (nSPS) is 9.73. The van der Waals surface area contributed by atoms with Crippen molar-refractivity contribution in [2.24, 2.45) is 0 Å². The second kappa shape index (κ2) is 3.44. The lowest BCUT2D eigenvalue weighted by Crippen LogP contribution is -1.98. The lowest BCUT2D eigenvalue weighted by molar-refractivity contribution is 0.107. The first-order valence-electron chi connectivity index (χ1n) is 2.63. The molecule has 0 radical (unpaired) electrons. The Morgan fingerprint density at radius 2 is 2.27 bits per heavy atom. The summed E-state index contributed by atoms with van der Waals surface area (Å²) in [6.07, 6.45) is 0. The van der Waals surface area contributed by atoms with Gasteiger partial charge in [0.05, 0.1) is 5.56 Å². The van der Waals surface area contributed by atoms with Crippen molar-refractivity contribution < 1.29 is 9.18 Å². The predicted molar refractivity (Wildman–Crippen MR) is 47.1 cm³/mol. The molecule has 0 atom stereocenters. The third-order valence-electron chi connectivity index (χ3n) is 1.03. The lowest BCUT2D eigenvalue weighted by atomic mass is 10.3. The molecule has 11 heavy (non-hydrogen) atoms.